The van der Waals surface area contributed by atoms with Gasteiger partial charge in [0.05, 0.1) is 0 Å². The van der Waals surface area contributed by atoms with Gasteiger partial charge in [-0.3, -0.25) is 0 Å². The van der Waals surface area contributed by atoms with Crippen LogP contribution in [0.5, 0.6) is 0 Å². The lowest BCUT2D eigenvalue weighted by atomic mass is 9.69. The molecular formula is C38H42. The van der Waals surface area contributed by atoms with Crippen molar-refractivity contribution in [1.82, 2.24) is 0 Å². The molecule has 0 saturated heterocycles. The van der Waals surface area contributed by atoms with Gasteiger partial charge in [0, 0.05) is 11.5 Å². The molecule has 2 aromatic carbocycles. The lowest BCUT2D eigenvalue weighted by molar-refractivity contribution is 0.252. The summed E-state index contributed by atoms with van der Waals surface area (Å²) in [6, 6.07) is 18.1. The van der Waals surface area contributed by atoms with Crippen LogP contribution in [0.15, 0.2) is 103 Å². The zero-order valence-electron chi connectivity index (χ0n) is 23.2. The molecule has 0 aromatic heterocycles. The summed E-state index contributed by atoms with van der Waals surface area (Å²) in [6.07, 6.45) is 27.8. The van der Waals surface area contributed by atoms with Crippen molar-refractivity contribution in [3.8, 4) is 12.3 Å². The maximum atomic E-state index is 5.54. The quantitative estimate of drug-likeness (QED) is 0.238. The monoisotopic (exact) mass is 498 g/mol. The van der Waals surface area contributed by atoms with Crippen molar-refractivity contribution in [1.29, 1.82) is 0 Å². The summed E-state index contributed by atoms with van der Waals surface area (Å²) in [5.41, 5.74) is 9.49. The fraction of sp³-hybridized carbons (Fsp3) is 0.368. The van der Waals surface area contributed by atoms with E-state index in [9.17, 15) is 0 Å². The Morgan fingerprint density at radius 1 is 0.974 bits per heavy atom. The van der Waals surface area contributed by atoms with E-state index < -0.39 is 0 Å². The lowest BCUT2D eigenvalue weighted by Crippen LogP contribution is -2.23. The number of terminal acetylenes is 1. The Morgan fingerprint density at radius 3 is 2.32 bits per heavy atom. The number of rotatable bonds is 9. The van der Waals surface area contributed by atoms with Gasteiger partial charge in [0.2, 0.25) is 0 Å². The largest absolute Gasteiger partial charge is 0.115 e. The number of benzene rings is 2. The molecule has 38 heavy (non-hydrogen) atoms. The zero-order valence-corrected chi connectivity index (χ0v) is 23.2. The van der Waals surface area contributed by atoms with Crippen LogP contribution in [0.4, 0.5) is 0 Å². The van der Waals surface area contributed by atoms with E-state index in [2.05, 4.69) is 105 Å². The number of hydrogen-bond donors (Lipinski definition) is 0. The molecule has 2 aromatic rings. The van der Waals surface area contributed by atoms with E-state index in [4.69, 9.17) is 13.0 Å². The van der Waals surface area contributed by atoms with Crippen molar-refractivity contribution in [2.24, 2.45) is 23.7 Å². The average molecular weight is 499 g/mol. The van der Waals surface area contributed by atoms with Crippen molar-refractivity contribution >= 4 is 5.57 Å². The molecule has 0 amide bonds. The third-order valence-corrected chi connectivity index (χ3v) is 9.10. The molecule has 0 bridgehead atoms. The predicted molar refractivity (Wildman–Crippen MR) is 164 cm³/mol. The van der Waals surface area contributed by atoms with Crippen LogP contribution in [-0.4, -0.2) is 0 Å². The first-order valence-electron chi connectivity index (χ1n) is 14.6. The Morgan fingerprint density at radius 2 is 1.71 bits per heavy atom. The molecule has 3 atom stereocenters. The van der Waals surface area contributed by atoms with Gasteiger partial charge in [0.25, 0.3) is 0 Å². The topological polar surface area (TPSA) is 0 Å². The molecule has 3 aliphatic carbocycles. The van der Waals surface area contributed by atoms with Gasteiger partial charge < -0.3 is 0 Å². The fourth-order valence-corrected chi connectivity index (χ4v) is 6.76. The van der Waals surface area contributed by atoms with E-state index in [1.54, 1.807) is 5.57 Å². The highest BCUT2D eigenvalue weighted by Gasteiger charge is 2.30. The summed E-state index contributed by atoms with van der Waals surface area (Å²) in [6.45, 7) is 9.27. The van der Waals surface area contributed by atoms with E-state index in [1.807, 2.05) is 0 Å². The molecule has 0 N–H and O–H groups in total. The Kier molecular flexibility index (Phi) is 8.34. The lowest BCUT2D eigenvalue weighted by Gasteiger charge is -2.36. The predicted octanol–water partition coefficient (Wildman–Crippen LogP) is 9.86. The average Bonchev–Trinajstić information content (AvgIpc) is 3.57. The van der Waals surface area contributed by atoms with Gasteiger partial charge >= 0.3 is 0 Å². The van der Waals surface area contributed by atoms with Gasteiger partial charge in [-0.1, -0.05) is 110 Å². The minimum absolute atomic E-state index is 0.442. The summed E-state index contributed by atoms with van der Waals surface area (Å²) in [7, 11) is 0. The van der Waals surface area contributed by atoms with Crippen LogP contribution >= 0.6 is 0 Å². The van der Waals surface area contributed by atoms with Crippen LogP contribution in [0.3, 0.4) is 0 Å². The smallest absolute Gasteiger partial charge is 0.0242 e. The summed E-state index contributed by atoms with van der Waals surface area (Å²) in [5.74, 6) is 5.71. The SMILES string of the molecule is C#Cc1ccc(CC2CCC(C(C(=C)CCC3=CC=CC3C)c3ccc(C4=CC(C)C=C4)cc3)CC2)cc1. The van der Waals surface area contributed by atoms with E-state index in [0.717, 1.165) is 30.7 Å². The normalized spacial score (nSPS) is 25.1. The molecule has 1 saturated carbocycles. The van der Waals surface area contributed by atoms with Gasteiger partial charge in [-0.15, -0.1) is 6.42 Å². The second-order valence-electron chi connectivity index (χ2n) is 11.8. The van der Waals surface area contributed by atoms with Crippen molar-refractivity contribution in [3.63, 3.8) is 0 Å². The minimum atomic E-state index is 0.442. The van der Waals surface area contributed by atoms with Crippen molar-refractivity contribution in [2.75, 3.05) is 0 Å². The number of allylic oxidation sites excluding steroid dienone is 9. The molecule has 1 fully saturated rings. The minimum Gasteiger partial charge on any atom is -0.115 e. The summed E-state index contributed by atoms with van der Waals surface area (Å²) < 4.78 is 0. The highest BCUT2D eigenvalue weighted by Crippen LogP contribution is 2.44. The Bertz CT molecular complexity index is 1280. The Balaban J connectivity index is 1.28. The zero-order chi connectivity index (χ0) is 26.5. The summed E-state index contributed by atoms with van der Waals surface area (Å²) in [5, 5.41) is 0. The van der Waals surface area contributed by atoms with E-state index >= 15 is 0 Å². The summed E-state index contributed by atoms with van der Waals surface area (Å²) in [4.78, 5) is 0. The molecule has 5 rings (SSSR count). The van der Waals surface area contributed by atoms with Crippen molar-refractivity contribution in [2.45, 2.75) is 64.7 Å². The number of hydrogen-bond acceptors (Lipinski definition) is 0. The van der Waals surface area contributed by atoms with Crippen LogP contribution in [0, 0.1) is 36.0 Å². The van der Waals surface area contributed by atoms with Crippen LogP contribution in [0.25, 0.3) is 5.57 Å². The Labute approximate surface area is 231 Å². The highest BCUT2D eigenvalue weighted by molar-refractivity contribution is 5.76. The maximum absolute atomic E-state index is 5.54. The summed E-state index contributed by atoms with van der Waals surface area (Å²) >= 11 is 0. The van der Waals surface area contributed by atoms with Gasteiger partial charge in [-0.05, 0) is 103 Å². The van der Waals surface area contributed by atoms with E-state index in [0.29, 0.717) is 23.7 Å². The van der Waals surface area contributed by atoms with Gasteiger partial charge in [-0.2, -0.15) is 0 Å². The van der Waals surface area contributed by atoms with Gasteiger partial charge in [-0.25, -0.2) is 0 Å². The molecule has 0 heterocycles. The second-order valence-corrected chi connectivity index (χ2v) is 11.8. The third-order valence-electron chi connectivity index (χ3n) is 9.10. The van der Waals surface area contributed by atoms with Gasteiger partial charge in [0.15, 0.2) is 0 Å². The molecule has 3 unspecified atom stereocenters. The molecule has 3 aliphatic rings. The third kappa shape index (κ3) is 6.22. The van der Waals surface area contributed by atoms with Crippen LogP contribution < -0.4 is 0 Å². The molecule has 0 nitrogen and oxygen atoms in total. The molecule has 0 heteroatoms. The molecule has 0 spiro atoms. The first-order chi connectivity index (χ1) is 18.5. The van der Waals surface area contributed by atoms with Gasteiger partial charge in [0.1, 0.15) is 0 Å². The first-order valence-corrected chi connectivity index (χ1v) is 14.6. The first kappa shape index (κ1) is 26.3. The highest BCUT2D eigenvalue weighted by atomic mass is 14.4. The van der Waals surface area contributed by atoms with Crippen LogP contribution in [0.1, 0.15) is 80.5 Å². The Hall–Kier alpha value is -3.30. The van der Waals surface area contributed by atoms with Crippen LogP contribution in [0.2, 0.25) is 0 Å². The van der Waals surface area contributed by atoms with E-state index in [1.165, 1.54) is 53.5 Å². The van der Waals surface area contributed by atoms with Crippen LogP contribution in [-0.2, 0) is 6.42 Å². The fourth-order valence-electron chi connectivity index (χ4n) is 6.76. The molecule has 0 radical (unpaired) electrons. The van der Waals surface area contributed by atoms with Crippen molar-refractivity contribution in [3.05, 3.63) is 125 Å². The van der Waals surface area contributed by atoms with Crippen molar-refractivity contribution < 1.29 is 0 Å². The second kappa shape index (κ2) is 12.0. The maximum Gasteiger partial charge on any atom is 0.0242 e. The standard InChI is InChI=1S/C38H42/c1-5-30-11-13-31(14-12-30)26-32-15-19-35(20-16-32)38(29(4)10-18-33-8-6-7-28(33)3)36-23-21-34(22-24-36)37-17-9-27(2)25-37/h1,6-9,11-14,17,21-25,27-28,32,35,38H,4,10,15-16,18-20,26H2,2-3H3. The molecule has 194 valence electrons. The molecule has 0 aliphatic heterocycles. The van der Waals surface area contributed by atoms with E-state index in [-0.39, 0.29) is 0 Å². The molecular weight excluding hydrogens is 456 g/mol.